The van der Waals surface area contributed by atoms with Gasteiger partial charge in [0, 0.05) is 6.42 Å². The van der Waals surface area contributed by atoms with Crippen LogP contribution in [-0.2, 0) is 22.8 Å². The lowest BCUT2D eigenvalue weighted by molar-refractivity contribution is -0.138. The molecule has 0 bridgehead atoms. The summed E-state index contributed by atoms with van der Waals surface area (Å²) in [6, 6.07) is 17.7. The van der Waals surface area contributed by atoms with Crippen molar-refractivity contribution in [3.63, 3.8) is 0 Å². The van der Waals surface area contributed by atoms with E-state index in [0.29, 0.717) is 28.2 Å². The number of hydrogen-bond acceptors (Lipinski definition) is 2. The number of carboxylic acids is 1. The zero-order valence-electron chi connectivity index (χ0n) is 18.2. The first-order valence-corrected chi connectivity index (χ1v) is 10.2. The molecule has 0 saturated heterocycles. The lowest BCUT2D eigenvalue weighted by Gasteiger charge is -2.19. The molecule has 3 aromatic carbocycles. The standard InChI is InChI=1S/C26H25F3O3/c1-25(2,3)20-10-12-22(13-11-20)32-23-16-19(8-7-17(23)9-14-24(30)31)18-5-4-6-21(15-18)26(27,28)29/h4-8,10-13,15-16H,9,14H2,1-3H3,(H,30,31). The third-order valence-corrected chi connectivity index (χ3v) is 5.15. The van der Waals surface area contributed by atoms with Crippen LogP contribution in [0, 0.1) is 0 Å². The molecular formula is C26H25F3O3. The van der Waals surface area contributed by atoms with Gasteiger partial charge in [-0.25, -0.2) is 0 Å². The molecule has 0 aliphatic carbocycles. The van der Waals surface area contributed by atoms with Gasteiger partial charge in [-0.2, -0.15) is 13.2 Å². The summed E-state index contributed by atoms with van der Waals surface area (Å²) in [5.74, 6) is 0.0490. The van der Waals surface area contributed by atoms with E-state index >= 15 is 0 Å². The molecule has 0 aliphatic heterocycles. The maximum atomic E-state index is 13.1. The van der Waals surface area contributed by atoms with Crippen molar-refractivity contribution in [1.29, 1.82) is 0 Å². The smallest absolute Gasteiger partial charge is 0.416 e. The average Bonchev–Trinajstić information content (AvgIpc) is 2.72. The molecule has 0 amide bonds. The van der Waals surface area contributed by atoms with Crippen LogP contribution in [0.3, 0.4) is 0 Å². The highest BCUT2D eigenvalue weighted by Crippen LogP contribution is 2.35. The second-order valence-corrected chi connectivity index (χ2v) is 8.67. The number of alkyl halides is 3. The van der Waals surface area contributed by atoms with E-state index in [1.54, 1.807) is 24.3 Å². The SMILES string of the molecule is CC(C)(C)c1ccc(Oc2cc(-c3cccc(C(F)(F)F)c3)ccc2CCC(=O)O)cc1. The Kier molecular flexibility index (Phi) is 6.63. The summed E-state index contributed by atoms with van der Waals surface area (Å²) in [7, 11) is 0. The Morgan fingerprint density at radius 1 is 0.875 bits per heavy atom. The van der Waals surface area contributed by atoms with Gasteiger partial charge in [-0.1, -0.05) is 57.2 Å². The molecule has 0 aliphatic rings. The zero-order chi connectivity index (χ0) is 23.5. The normalized spacial score (nSPS) is 11.9. The third-order valence-electron chi connectivity index (χ3n) is 5.15. The Labute approximate surface area is 185 Å². The number of aliphatic carboxylic acids is 1. The number of halogens is 3. The van der Waals surface area contributed by atoms with Crippen molar-refractivity contribution in [2.24, 2.45) is 0 Å². The highest BCUT2D eigenvalue weighted by Gasteiger charge is 2.30. The van der Waals surface area contributed by atoms with E-state index in [9.17, 15) is 18.0 Å². The van der Waals surface area contributed by atoms with Crippen molar-refractivity contribution >= 4 is 5.97 Å². The fourth-order valence-corrected chi connectivity index (χ4v) is 3.30. The topological polar surface area (TPSA) is 46.5 Å². The van der Waals surface area contributed by atoms with Crippen LogP contribution in [0.25, 0.3) is 11.1 Å². The second-order valence-electron chi connectivity index (χ2n) is 8.67. The van der Waals surface area contributed by atoms with E-state index in [2.05, 4.69) is 20.8 Å². The van der Waals surface area contributed by atoms with Crippen molar-refractivity contribution in [2.75, 3.05) is 0 Å². The third kappa shape index (κ3) is 5.90. The largest absolute Gasteiger partial charge is 0.481 e. The maximum Gasteiger partial charge on any atom is 0.416 e. The minimum atomic E-state index is -4.44. The van der Waals surface area contributed by atoms with Gasteiger partial charge in [0.2, 0.25) is 0 Å². The average molecular weight is 442 g/mol. The van der Waals surface area contributed by atoms with Crippen LogP contribution in [0.4, 0.5) is 13.2 Å². The Morgan fingerprint density at radius 3 is 2.12 bits per heavy atom. The molecule has 1 N–H and O–H groups in total. The van der Waals surface area contributed by atoms with Gasteiger partial charge in [0.1, 0.15) is 11.5 Å². The fraction of sp³-hybridized carbons (Fsp3) is 0.269. The number of benzene rings is 3. The monoisotopic (exact) mass is 442 g/mol. The zero-order valence-corrected chi connectivity index (χ0v) is 18.2. The lowest BCUT2D eigenvalue weighted by Crippen LogP contribution is -2.10. The van der Waals surface area contributed by atoms with Gasteiger partial charge < -0.3 is 9.84 Å². The second kappa shape index (κ2) is 9.07. The van der Waals surface area contributed by atoms with Gasteiger partial charge in [-0.15, -0.1) is 0 Å². The van der Waals surface area contributed by atoms with Gasteiger partial charge in [-0.3, -0.25) is 4.79 Å². The Bertz CT molecular complexity index is 1090. The van der Waals surface area contributed by atoms with Gasteiger partial charge in [0.25, 0.3) is 0 Å². The van der Waals surface area contributed by atoms with E-state index in [1.165, 1.54) is 6.07 Å². The van der Waals surface area contributed by atoms with Crippen LogP contribution in [0.2, 0.25) is 0 Å². The molecule has 0 atom stereocenters. The molecule has 0 spiro atoms. The van der Waals surface area contributed by atoms with E-state index in [4.69, 9.17) is 9.84 Å². The molecule has 0 unspecified atom stereocenters. The summed E-state index contributed by atoms with van der Waals surface area (Å²) in [5.41, 5.74) is 2.00. The summed E-state index contributed by atoms with van der Waals surface area (Å²) in [5, 5.41) is 9.05. The molecule has 0 heterocycles. The number of carbonyl (C=O) groups is 1. The Hall–Kier alpha value is -3.28. The molecule has 3 aromatic rings. The highest BCUT2D eigenvalue weighted by atomic mass is 19.4. The summed E-state index contributed by atoms with van der Waals surface area (Å²) in [4.78, 5) is 11.0. The van der Waals surface area contributed by atoms with Crippen molar-refractivity contribution in [3.05, 3.63) is 83.4 Å². The van der Waals surface area contributed by atoms with Gasteiger partial charge in [0.05, 0.1) is 5.56 Å². The van der Waals surface area contributed by atoms with Crippen LogP contribution in [0.15, 0.2) is 66.7 Å². The van der Waals surface area contributed by atoms with Crippen molar-refractivity contribution in [1.82, 2.24) is 0 Å². The molecule has 6 heteroatoms. The quantitative estimate of drug-likeness (QED) is 0.430. The first-order chi connectivity index (χ1) is 14.9. The molecule has 168 valence electrons. The minimum Gasteiger partial charge on any atom is -0.481 e. The van der Waals surface area contributed by atoms with Crippen LogP contribution in [0.1, 0.15) is 43.9 Å². The van der Waals surface area contributed by atoms with E-state index in [0.717, 1.165) is 17.7 Å². The van der Waals surface area contributed by atoms with Crippen LogP contribution < -0.4 is 4.74 Å². The minimum absolute atomic E-state index is 0.0193. The fourth-order valence-electron chi connectivity index (χ4n) is 3.30. The van der Waals surface area contributed by atoms with Crippen molar-refractivity contribution < 1.29 is 27.8 Å². The van der Waals surface area contributed by atoms with E-state index < -0.39 is 17.7 Å². The predicted octanol–water partition coefficient (Wildman–Crippen LogP) is 7.48. The molecule has 0 fully saturated rings. The predicted molar refractivity (Wildman–Crippen MR) is 118 cm³/mol. The molecule has 0 aromatic heterocycles. The summed E-state index contributed by atoms with van der Waals surface area (Å²) >= 11 is 0. The van der Waals surface area contributed by atoms with Crippen molar-refractivity contribution in [3.8, 4) is 22.6 Å². The first kappa shape index (κ1) is 23.4. The van der Waals surface area contributed by atoms with Gasteiger partial charge in [-0.05, 0) is 64.4 Å². The van der Waals surface area contributed by atoms with Crippen molar-refractivity contribution in [2.45, 2.75) is 45.2 Å². The summed E-state index contributed by atoms with van der Waals surface area (Å²) in [6.45, 7) is 6.31. The number of rotatable bonds is 6. The molecule has 0 saturated carbocycles. The van der Waals surface area contributed by atoms with Crippen LogP contribution >= 0.6 is 0 Å². The first-order valence-electron chi connectivity index (χ1n) is 10.2. The van der Waals surface area contributed by atoms with Gasteiger partial charge >= 0.3 is 12.1 Å². The highest BCUT2D eigenvalue weighted by molar-refractivity contribution is 5.69. The number of aryl methyl sites for hydroxylation is 1. The lowest BCUT2D eigenvalue weighted by atomic mass is 9.87. The van der Waals surface area contributed by atoms with Gasteiger partial charge in [0.15, 0.2) is 0 Å². The molecule has 0 radical (unpaired) electrons. The molecule has 32 heavy (non-hydrogen) atoms. The maximum absolute atomic E-state index is 13.1. The number of hydrogen-bond donors (Lipinski definition) is 1. The molecule has 3 rings (SSSR count). The Balaban J connectivity index is 1.97. The summed E-state index contributed by atoms with van der Waals surface area (Å²) in [6.07, 6.45) is -4.28. The number of ether oxygens (including phenoxy) is 1. The number of carboxylic acid groups (broad SMARTS) is 1. The van der Waals surface area contributed by atoms with Crippen LogP contribution in [0.5, 0.6) is 11.5 Å². The Morgan fingerprint density at radius 2 is 1.53 bits per heavy atom. The molecule has 3 nitrogen and oxygen atoms in total. The van der Waals surface area contributed by atoms with E-state index in [-0.39, 0.29) is 18.3 Å². The van der Waals surface area contributed by atoms with Crippen LogP contribution in [-0.4, -0.2) is 11.1 Å². The summed E-state index contributed by atoms with van der Waals surface area (Å²) < 4.78 is 45.4. The van der Waals surface area contributed by atoms with E-state index in [1.807, 2.05) is 24.3 Å². The molecular weight excluding hydrogens is 417 g/mol.